The van der Waals surface area contributed by atoms with Crippen molar-refractivity contribution in [3.63, 3.8) is 0 Å². The fourth-order valence-corrected chi connectivity index (χ4v) is 1.59. The summed E-state index contributed by atoms with van der Waals surface area (Å²) in [6.45, 7) is 5.41. The predicted octanol–water partition coefficient (Wildman–Crippen LogP) is 0.802. The number of likely N-dealkylation sites (tertiary alicyclic amines) is 1. The van der Waals surface area contributed by atoms with Gasteiger partial charge in [0.15, 0.2) is 0 Å². The first-order valence-corrected chi connectivity index (χ1v) is 5.10. The van der Waals surface area contributed by atoms with Gasteiger partial charge in [-0.3, -0.25) is 4.79 Å². The molecule has 0 aromatic rings. The normalized spacial score (nSPS) is 28.4. The summed E-state index contributed by atoms with van der Waals surface area (Å²) in [5, 5.41) is 2.64. The third-order valence-electron chi connectivity index (χ3n) is 2.49. The van der Waals surface area contributed by atoms with E-state index in [1.54, 1.807) is 0 Å². The standard InChI is InChI=1S/C10H19FN2O/c1-8(2)6-12-9(14)10(11)4-5-13(3)7-10/h8H,4-7H2,1-3H3,(H,12,14)/t10-/m1/s1. The summed E-state index contributed by atoms with van der Waals surface area (Å²) in [7, 11) is 1.83. The highest BCUT2D eigenvalue weighted by molar-refractivity contribution is 5.85. The number of halogens is 1. The Labute approximate surface area is 84.7 Å². The van der Waals surface area contributed by atoms with Crippen LogP contribution in [0.4, 0.5) is 4.39 Å². The van der Waals surface area contributed by atoms with Gasteiger partial charge in [0.25, 0.3) is 5.91 Å². The Balaban J connectivity index is 2.43. The van der Waals surface area contributed by atoms with Crippen LogP contribution in [0.25, 0.3) is 0 Å². The summed E-state index contributed by atoms with van der Waals surface area (Å²) in [6, 6.07) is 0. The van der Waals surface area contributed by atoms with Crippen molar-refractivity contribution in [3.05, 3.63) is 0 Å². The second kappa shape index (κ2) is 4.26. The molecule has 0 bridgehead atoms. The molecule has 82 valence electrons. The summed E-state index contributed by atoms with van der Waals surface area (Å²) >= 11 is 0. The first kappa shape index (κ1) is 11.4. The van der Waals surface area contributed by atoms with Crippen LogP contribution in [-0.4, -0.2) is 43.2 Å². The van der Waals surface area contributed by atoms with Crippen LogP contribution in [0.1, 0.15) is 20.3 Å². The van der Waals surface area contributed by atoms with Crippen LogP contribution in [-0.2, 0) is 4.79 Å². The molecule has 4 heteroatoms. The van der Waals surface area contributed by atoms with Gasteiger partial charge in [-0.25, -0.2) is 4.39 Å². The number of hydrogen-bond acceptors (Lipinski definition) is 2. The Hall–Kier alpha value is -0.640. The number of carbonyl (C=O) groups is 1. The lowest BCUT2D eigenvalue weighted by atomic mass is 10.0. The van der Waals surface area contributed by atoms with Crippen LogP contribution in [0.5, 0.6) is 0 Å². The van der Waals surface area contributed by atoms with E-state index in [2.05, 4.69) is 5.32 Å². The maximum atomic E-state index is 14.0. The fraction of sp³-hybridized carbons (Fsp3) is 0.900. The minimum absolute atomic E-state index is 0.219. The molecular weight excluding hydrogens is 183 g/mol. The third-order valence-corrected chi connectivity index (χ3v) is 2.49. The zero-order valence-electron chi connectivity index (χ0n) is 9.14. The van der Waals surface area contributed by atoms with Crippen LogP contribution in [0, 0.1) is 5.92 Å². The SMILES string of the molecule is CC(C)CNC(=O)[C@@]1(F)CCN(C)C1. The van der Waals surface area contributed by atoms with Gasteiger partial charge in [0, 0.05) is 26.1 Å². The maximum Gasteiger partial charge on any atom is 0.259 e. The minimum atomic E-state index is -1.66. The Morgan fingerprint density at radius 2 is 2.29 bits per heavy atom. The molecule has 1 saturated heterocycles. The van der Waals surface area contributed by atoms with Crippen molar-refractivity contribution in [1.82, 2.24) is 10.2 Å². The van der Waals surface area contributed by atoms with E-state index in [0.29, 0.717) is 25.4 Å². The number of nitrogens with one attached hydrogen (secondary N) is 1. The van der Waals surface area contributed by atoms with Crippen molar-refractivity contribution < 1.29 is 9.18 Å². The van der Waals surface area contributed by atoms with Crippen molar-refractivity contribution in [2.45, 2.75) is 25.9 Å². The molecule has 3 nitrogen and oxygen atoms in total. The molecule has 1 aliphatic rings. The molecule has 0 aromatic carbocycles. The van der Waals surface area contributed by atoms with E-state index in [1.165, 1.54) is 0 Å². The molecule has 1 rings (SSSR count). The molecule has 1 fully saturated rings. The Morgan fingerprint density at radius 1 is 1.64 bits per heavy atom. The summed E-state index contributed by atoms with van der Waals surface area (Å²) in [5.74, 6) is -0.0859. The molecule has 1 atom stereocenters. The van der Waals surface area contributed by atoms with Crippen LogP contribution in [0.15, 0.2) is 0 Å². The first-order valence-electron chi connectivity index (χ1n) is 5.10. The van der Waals surface area contributed by atoms with Gasteiger partial charge in [-0.15, -0.1) is 0 Å². The number of alkyl halides is 1. The van der Waals surface area contributed by atoms with Crippen LogP contribution >= 0.6 is 0 Å². The lowest BCUT2D eigenvalue weighted by molar-refractivity contribution is -0.132. The summed E-state index contributed by atoms with van der Waals surface area (Å²) < 4.78 is 14.0. The van der Waals surface area contributed by atoms with Gasteiger partial charge in [-0.05, 0) is 13.0 Å². The van der Waals surface area contributed by atoms with Gasteiger partial charge >= 0.3 is 0 Å². The summed E-state index contributed by atoms with van der Waals surface area (Å²) in [5.41, 5.74) is -1.66. The highest BCUT2D eigenvalue weighted by Crippen LogP contribution is 2.24. The number of amides is 1. The molecule has 0 spiro atoms. The lowest BCUT2D eigenvalue weighted by Gasteiger charge is -2.19. The average Bonchev–Trinajstić information content (AvgIpc) is 2.43. The van der Waals surface area contributed by atoms with E-state index in [1.807, 2.05) is 25.8 Å². The number of nitrogens with zero attached hydrogens (tertiary/aromatic N) is 1. The first-order chi connectivity index (χ1) is 6.44. The molecule has 1 N–H and O–H groups in total. The molecule has 0 aromatic heterocycles. The smallest absolute Gasteiger partial charge is 0.259 e. The fourth-order valence-electron chi connectivity index (χ4n) is 1.59. The minimum Gasteiger partial charge on any atom is -0.353 e. The van der Waals surface area contributed by atoms with E-state index in [9.17, 15) is 9.18 Å². The predicted molar refractivity (Wildman–Crippen MR) is 53.8 cm³/mol. The molecule has 0 unspecified atom stereocenters. The van der Waals surface area contributed by atoms with Gasteiger partial charge in [-0.2, -0.15) is 0 Å². The highest BCUT2D eigenvalue weighted by Gasteiger charge is 2.43. The van der Waals surface area contributed by atoms with E-state index in [4.69, 9.17) is 0 Å². The van der Waals surface area contributed by atoms with Crippen molar-refractivity contribution in [3.8, 4) is 0 Å². The molecule has 1 heterocycles. The molecule has 1 amide bonds. The van der Waals surface area contributed by atoms with E-state index < -0.39 is 11.6 Å². The van der Waals surface area contributed by atoms with E-state index in [-0.39, 0.29) is 6.54 Å². The monoisotopic (exact) mass is 202 g/mol. The molecule has 1 aliphatic heterocycles. The van der Waals surface area contributed by atoms with Crippen LogP contribution < -0.4 is 5.32 Å². The van der Waals surface area contributed by atoms with Crippen LogP contribution in [0.2, 0.25) is 0 Å². The number of rotatable bonds is 3. The molecule has 0 aliphatic carbocycles. The van der Waals surface area contributed by atoms with Crippen LogP contribution in [0.3, 0.4) is 0 Å². The molecule has 0 radical (unpaired) electrons. The Kier molecular flexibility index (Phi) is 3.48. The van der Waals surface area contributed by atoms with E-state index in [0.717, 1.165) is 0 Å². The van der Waals surface area contributed by atoms with Crippen molar-refractivity contribution in [2.24, 2.45) is 5.92 Å². The zero-order valence-corrected chi connectivity index (χ0v) is 9.14. The maximum absolute atomic E-state index is 14.0. The summed E-state index contributed by atoms with van der Waals surface area (Å²) in [6.07, 6.45) is 0.313. The Morgan fingerprint density at radius 3 is 2.71 bits per heavy atom. The van der Waals surface area contributed by atoms with Gasteiger partial charge in [0.05, 0.1) is 0 Å². The average molecular weight is 202 g/mol. The van der Waals surface area contributed by atoms with Gasteiger partial charge in [0.1, 0.15) is 0 Å². The van der Waals surface area contributed by atoms with Gasteiger partial charge in [0.2, 0.25) is 5.67 Å². The van der Waals surface area contributed by atoms with Crippen molar-refractivity contribution in [1.29, 1.82) is 0 Å². The third kappa shape index (κ3) is 2.67. The lowest BCUT2D eigenvalue weighted by Crippen LogP contribution is -2.46. The van der Waals surface area contributed by atoms with Crippen molar-refractivity contribution >= 4 is 5.91 Å². The quantitative estimate of drug-likeness (QED) is 0.734. The second-order valence-electron chi connectivity index (χ2n) is 4.56. The number of carbonyl (C=O) groups excluding carboxylic acids is 1. The van der Waals surface area contributed by atoms with Crippen molar-refractivity contribution in [2.75, 3.05) is 26.7 Å². The topological polar surface area (TPSA) is 32.3 Å². The zero-order chi connectivity index (χ0) is 10.8. The highest BCUT2D eigenvalue weighted by atomic mass is 19.1. The molecule has 14 heavy (non-hydrogen) atoms. The Bertz CT molecular complexity index is 220. The van der Waals surface area contributed by atoms with Gasteiger partial charge in [-0.1, -0.05) is 13.8 Å². The van der Waals surface area contributed by atoms with E-state index >= 15 is 0 Å². The van der Waals surface area contributed by atoms with Gasteiger partial charge < -0.3 is 10.2 Å². The molecular formula is C10H19FN2O. The largest absolute Gasteiger partial charge is 0.353 e. The molecule has 0 saturated carbocycles. The number of hydrogen-bond donors (Lipinski definition) is 1. The summed E-state index contributed by atoms with van der Waals surface area (Å²) in [4.78, 5) is 13.3. The second-order valence-corrected chi connectivity index (χ2v) is 4.56.